The van der Waals surface area contributed by atoms with Crippen LogP contribution in [0.4, 0.5) is 14.5 Å². The number of hydrogen-bond donors (Lipinski definition) is 0. The summed E-state index contributed by atoms with van der Waals surface area (Å²) in [6.07, 6.45) is 3.64. The first kappa shape index (κ1) is 22.9. The van der Waals surface area contributed by atoms with E-state index in [9.17, 15) is 8.78 Å². The van der Waals surface area contributed by atoms with Crippen molar-refractivity contribution in [3.8, 4) is 11.3 Å². The quantitative estimate of drug-likeness (QED) is 0.549. The average Bonchev–Trinajstić information content (AvgIpc) is 3.30. The molecule has 180 valence electrons. The molecular weight excluding hydrogens is 438 g/mol. The van der Waals surface area contributed by atoms with Crippen LogP contribution in [0.5, 0.6) is 0 Å². The van der Waals surface area contributed by atoms with Gasteiger partial charge in [0.15, 0.2) is 0 Å². The zero-order valence-corrected chi connectivity index (χ0v) is 19.4. The van der Waals surface area contributed by atoms with Gasteiger partial charge in [0.1, 0.15) is 12.3 Å². The minimum absolute atomic E-state index is 0.142. The Balaban J connectivity index is 1.18. The fraction of sp³-hybridized carbons (Fsp3) is 0.480. The molecule has 2 saturated heterocycles. The van der Waals surface area contributed by atoms with Gasteiger partial charge in [-0.05, 0) is 43.2 Å². The summed E-state index contributed by atoms with van der Waals surface area (Å²) < 4.78 is 33.6. The van der Waals surface area contributed by atoms with Crippen LogP contribution >= 0.6 is 0 Å². The summed E-state index contributed by atoms with van der Waals surface area (Å²) in [5.74, 6) is -2.71. The van der Waals surface area contributed by atoms with E-state index >= 15 is 0 Å². The fourth-order valence-electron chi connectivity index (χ4n) is 4.65. The molecule has 34 heavy (non-hydrogen) atoms. The highest BCUT2D eigenvalue weighted by atomic mass is 19.3. The maximum absolute atomic E-state index is 13.3. The lowest BCUT2D eigenvalue weighted by Crippen LogP contribution is -2.46. The molecule has 0 N–H and O–H groups in total. The van der Waals surface area contributed by atoms with Gasteiger partial charge in [0.25, 0.3) is 5.92 Å². The van der Waals surface area contributed by atoms with Gasteiger partial charge in [-0.3, -0.25) is 9.88 Å². The van der Waals surface area contributed by atoms with Crippen molar-refractivity contribution in [3.63, 3.8) is 0 Å². The van der Waals surface area contributed by atoms with Crippen LogP contribution in [0.15, 0.2) is 48.8 Å². The molecule has 0 amide bonds. The molecule has 9 heteroatoms. The zero-order valence-electron chi connectivity index (χ0n) is 19.4. The third-order valence-corrected chi connectivity index (χ3v) is 6.63. The number of aromatic nitrogens is 4. The van der Waals surface area contributed by atoms with Crippen LogP contribution in [-0.2, 0) is 17.8 Å². The van der Waals surface area contributed by atoms with Crippen molar-refractivity contribution in [3.05, 3.63) is 60.0 Å². The molecule has 0 saturated carbocycles. The number of nitrogens with zero attached hydrogens (tertiary/aromatic N) is 6. The predicted octanol–water partition coefficient (Wildman–Crippen LogP) is 3.79. The van der Waals surface area contributed by atoms with Crippen molar-refractivity contribution in [2.45, 2.75) is 44.9 Å². The first-order valence-electron chi connectivity index (χ1n) is 11.8. The lowest BCUT2D eigenvalue weighted by molar-refractivity contribution is -0.147. The van der Waals surface area contributed by atoms with Crippen molar-refractivity contribution in [2.75, 3.05) is 37.7 Å². The number of halogens is 2. The number of alkyl halides is 2. The van der Waals surface area contributed by atoms with E-state index in [1.807, 2.05) is 24.5 Å². The molecule has 0 radical (unpaired) electrons. The summed E-state index contributed by atoms with van der Waals surface area (Å²) in [6.45, 7) is 6.84. The number of rotatable bonds is 6. The lowest BCUT2D eigenvalue weighted by Gasteiger charge is -2.36. The molecular formula is C25H30F2N6O. The van der Waals surface area contributed by atoms with E-state index in [1.165, 1.54) is 5.69 Å². The standard InChI is InChI=1S/C25H30F2N6O/c1-19-14-21(32-12-10-31(11-13-32)15-20-4-2-3-9-28-20)5-6-23(19)24-17-33(30-29-24)16-22-7-8-25(26,27)18-34-22/h2-6,9,14,17,22H,7-8,10-13,15-16,18H2,1H3/t22-/m1/s1. The number of piperazine rings is 1. The van der Waals surface area contributed by atoms with E-state index in [-0.39, 0.29) is 12.5 Å². The van der Waals surface area contributed by atoms with Gasteiger partial charge in [0.2, 0.25) is 0 Å². The van der Waals surface area contributed by atoms with Crippen molar-refractivity contribution in [1.82, 2.24) is 24.9 Å². The van der Waals surface area contributed by atoms with Crippen molar-refractivity contribution in [1.29, 1.82) is 0 Å². The second-order valence-electron chi connectivity index (χ2n) is 9.24. The Labute approximate surface area is 198 Å². The van der Waals surface area contributed by atoms with Gasteiger partial charge in [-0.1, -0.05) is 17.3 Å². The Kier molecular flexibility index (Phi) is 6.56. The van der Waals surface area contributed by atoms with E-state index < -0.39 is 12.5 Å². The van der Waals surface area contributed by atoms with Gasteiger partial charge in [-0.25, -0.2) is 13.5 Å². The number of ether oxygens (including phenoxy) is 1. The molecule has 2 aromatic heterocycles. The summed E-state index contributed by atoms with van der Waals surface area (Å²) in [4.78, 5) is 9.29. The molecule has 5 rings (SSSR count). The molecule has 2 fully saturated rings. The highest BCUT2D eigenvalue weighted by molar-refractivity contribution is 5.67. The van der Waals surface area contributed by atoms with Crippen molar-refractivity contribution in [2.24, 2.45) is 0 Å². The van der Waals surface area contributed by atoms with Crippen LogP contribution in [0.2, 0.25) is 0 Å². The molecule has 0 unspecified atom stereocenters. The fourth-order valence-corrected chi connectivity index (χ4v) is 4.65. The molecule has 4 heterocycles. The van der Waals surface area contributed by atoms with E-state index in [1.54, 1.807) is 4.68 Å². The minimum atomic E-state index is -2.71. The van der Waals surface area contributed by atoms with Crippen LogP contribution in [0, 0.1) is 6.92 Å². The third-order valence-electron chi connectivity index (χ3n) is 6.63. The molecule has 1 aromatic carbocycles. The number of benzene rings is 1. The smallest absolute Gasteiger partial charge is 0.271 e. The van der Waals surface area contributed by atoms with Crippen LogP contribution < -0.4 is 4.90 Å². The monoisotopic (exact) mass is 468 g/mol. The maximum atomic E-state index is 13.3. The van der Waals surface area contributed by atoms with E-state index in [0.29, 0.717) is 13.0 Å². The third kappa shape index (κ3) is 5.42. The predicted molar refractivity (Wildman–Crippen MR) is 126 cm³/mol. The first-order chi connectivity index (χ1) is 16.4. The van der Waals surface area contributed by atoms with E-state index in [4.69, 9.17) is 4.74 Å². The molecule has 3 aromatic rings. The summed E-state index contributed by atoms with van der Waals surface area (Å²) in [5, 5.41) is 8.51. The number of aryl methyl sites for hydroxylation is 1. The second-order valence-corrected chi connectivity index (χ2v) is 9.24. The summed E-state index contributed by atoms with van der Waals surface area (Å²) in [5.41, 5.74) is 5.26. The molecule has 1 atom stereocenters. The molecule has 0 spiro atoms. The van der Waals surface area contributed by atoms with E-state index in [2.05, 4.69) is 56.3 Å². The van der Waals surface area contributed by atoms with Gasteiger partial charge in [-0.15, -0.1) is 5.10 Å². The Bertz CT molecular complexity index is 1090. The number of anilines is 1. The van der Waals surface area contributed by atoms with Crippen LogP contribution in [0.25, 0.3) is 11.3 Å². The van der Waals surface area contributed by atoms with Gasteiger partial charge in [0.05, 0.1) is 24.5 Å². The summed E-state index contributed by atoms with van der Waals surface area (Å²) >= 11 is 0. The van der Waals surface area contributed by atoms with Gasteiger partial charge in [0, 0.05) is 56.6 Å². The summed E-state index contributed by atoms with van der Waals surface area (Å²) in [7, 11) is 0. The second kappa shape index (κ2) is 9.76. The SMILES string of the molecule is Cc1cc(N2CCN(Cc3ccccn3)CC2)ccc1-c1cn(C[C@H]2CCC(F)(F)CO2)nn1. The van der Waals surface area contributed by atoms with Gasteiger partial charge in [-0.2, -0.15) is 0 Å². The molecule has 7 nitrogen and oxygen atoms in total. The lowest BCUT2D eigenvalue weighted by atomic mass is 10.0. The van der Waals surface area contributed by atoms with Crippen molar-refractivity contribution < 1.29 is 13.5 Å². The number of pyridine rings is 1. The largest absolute Gasteiger partial charge is 0.370 e. The first-order valence-corrected chi connectivity index (χ1v) is 11.8. The molecule has 0 aliphatic carbocycles. The van der Waals surface area contributed by atoms with Crippen LogP contribution in [-0.4, -0.2) is 69.7 Å². The molecule has 2 aliphatic rings. The Hall–Kier alpha value is -2.91. The zero-order chi connectivity index (χ0) is 23.5. The number of hydrogen-bond acceptors (Lipinski definition) is 6. The maximum Gasteiger partial charge on any atom is 0.271 e. The summed E-state index contributed by atoms with van der Waals surface area (Å²) in [6, 6.07) is 12.5. The van der Waals surface area contributed by atoms with Gasteiger partial charge >= 0.3 is 0 Å². The Morgan fingerprint density at radius 2 is 1.97 bits per heavy atom. The normalized spacial score (nSPS) is 21.0. The topological polar surface area (TPSA) is 59.3 Å². The molecule has 0 bridgehead atoms. The van der Waals surface area contributed by atoms with Crippen LogP contribution in [0.1, 0.15) is 24.1 Å². The Morgan fingerprint density at radius 3 is 2.68 bits per heavy atom. The molecule has 2 aliphatic heterocycles. The van der Waals surface area contributed by atoms with Crippen LogP contribution in [0.3, 0.4) is 0 Å². The minimum Gasteiger partial charge on any atom is -0.370 e. The highest BCUT2D eigenvalue weighted by Crippen LogP contribution is 2.30. The Morgan fingerprint density at radius 1 is 1.12 bits per heavy atom. The van der Waals surface area contributed by atoms with E-state index in [0.717, 1.165) is 55.2 Å². The average molecular weight is 469 g/mol. The van der Waals surface area contributed by atoms with Crippen molar-refractivity contribution >= 4 is 5.69 Å². The highest BCUT2D eigenvalue weighted by Gasteiger charge is 2.36. The van der Waals surface area contributed by atoms with Gasteiger partial charge < -0.3 is 9.64 Å².